The van der Waals surface area contributed by atoms with Gasteiger partial charge in [-0.1, -0.05) is 98.5 Å². The molecular formula is C21H22O2. The van der Waals surface area contributed by atoms with Crippen molar-refractivity contribution in [2.45, 2.75) is 13.3 Å². The molecule has 0 heterocycles. The van der Waals surface area contributed by atoms with Crippen molar-refractivity contribution < 1.29 is 9.90 Å². The molecule has 0 aliphatic heterocycles. The van der Waals surface area contributed by atoms with Gasteiger partial charge >= 0.3 is 5.97 Å². The van der Waals surface area contributed by atoms with Crippen LogP contribution in [0.2, 0.25) is 0 Å². The molecule has 0 amide bonds. The van der Waals surface area contributed by atoms with E-state index in [1.807, 2.05) is 24.3 Å². The van der Waals surface area contributed by atoms with E-state index >= 15 is 0 Å². The zero-order chi connectivity index (χ0) is 16.9. The normalized spacial score (nSPS) is 9.61. The average Bonchev–Trinajstić information content (AvgIpc) is 2.61. The summed E-state index contributed by atoms with van der Waals surface area (Å²) >= 11 is 0. The van der Waals surface area contributed by atoms with E-state index in [2.05, 4.69) is 61.2 Å². The lowest BCUT2D eigenvalue weighted by atomic mass is 9.97. The molecule has 0 aliphatic carbocycles. The molecule has 2 rings (SSSR count). The van der Waals surface area contributed by atoms with Crippen LogP contribution in [0.15, 0.2) is 91.5 Å². The Morgan fingerprint density at radius 2 is 1.39 bits per heavy atom. The van der Waals surface area contributed by atoms with Gasteiger partial charge in [0, 0.05) is 6.42 Å². The van der Waals surface area contributed by atoms with Gasteiger partial charge in [-0.15, -0.1) is 0 Å². The maximum atomic E-state index is 9.37. The van der Waals surface area contributed by atoms with E-state index in [1.165, 1.54) is 16.7 Å². The molecule has 2 aromatic carbocycles. The Balaban J connectivity index is 0.000000463. The van der Waals surface area contributed by atoms with Crippen LogP contribution in [0.1, 0.15) is 24.5 Å². The van der Waals surface area contributed by atoms with Gasteiger partial charge in [0.05, 0.1) is 0 Å². The van der Waals surface area contributed by atoms with Crippen molar-refractivity contribution >= 4 is 11.5 Å². The lowest BCUT2D eigenvalue weighted by Gasteiger charge is -2.07. The summed E-state index contributed by atoms with van der Waals surface area (Å²) in [4.78, 5) is 9.37. The summed E-state index contributed by atoms with van der Waals surface area (Å²) in [6.07, 6.45) is 8.07. The number of rotatable bonds is 5. The highest BCUT2D eigenvalue weighted by atomic mass is 16.4. The van der Waals surface area contributed by atoms with Crippen LogP contribution in [0.4, 0.5) is 0 Å². The highest BCUT2D eigenvalue weighted by molar-refractivity contribution is 5.80. The fourth-order valence-electron chi connectivity index (χ4n) is 1.82. The molecule has 0 bridgehead atoms. The van der Waals surface area contributed by atoms with Crippen molar-refractivity contribution in [3.63, 3.8) is 0 Å². The van der Waals surface area contributed by atoms with E-state index in [4.69, 9.17) is 5.11 Å². The molecule has 1 N–H and O–H groups in total. The van der Waals surface area contributed by atoms with Crippen LogP contribution in [-0.4, -0.2) is 11.1 Å². The first-order chi connectivity index (χ1) is 11.2. The second-order valence-corrected chi connectivity index (χ2v) is 4.68. The summed E-state index contributed by atoms with van der Waals surface area (Å²) in [7, 11) is 0. The first-order valence-electron chi connectivity index (χ1n) is 7.51. The van der Waals surface area contributed by atoms with Crippen LogP contribution in [0.5, 0.6) is 0 Å². The largest absolute Gasteiger partial charge is 0.481 e. The maximum Gasteiger partial charge on any atom is 0.303 e. The van der Waals surface area contributed by atoms with E-state index in [1.54, 1.807) is 13.0 Å². The summed E-state index contributed by atoms with van der Waals surface area (Å²) in [5.41, 5.74) is 3.66. The molecule has 0 fully saturated rings. The van der Waals surface area contributed by atoms with E-state index in [9.17, 15) is 4.79 Å². The topological polar surface area (TPSA) is 37.3 Å². The average molecular weight is 306 g/mol. The number of hydrogen-bond donors (Lipinski definition) is 1. The minimum absolute atomic E-state index is 0.222. The number of benzene rings is 2. The highest BCUT2D eigenvalue weighted by Crippen LogP contribution is 2.22. The summed E-state index contributed by atoms with van der Waals surface area (Å²) in [5, 5.41) is 7.72. The van der Waals surface area contributed by atoms with Crippen LogP contribution in [0, 0.1) is 0 Å². The van der Waals surface area contributed by atoms with Crippen molar-refractivity contribution in [3.8, 4) is 0 Å². The van der Waals surface area contributed by atoms with Crippen molar-refractivity contribution in [2.75, 3.05) is 0 Å². The number of hydrogen-bond acceptors (Lipinski definition) is 1. The Kier molecular flexibility index (Phi) is 8.54. The van der Waals surface area contributed by atoms with Gasteiger partial charge in [-0.2, -0.15) is 0 Å². The highest BCUT2D eigenvalue weighted by Gasteiger charge is 2.02. The van der Waals surface area contributed by atoms with Gasteiger partial charge in [0.1, 0.15) is 0 Å². The summed E-state index contributed by atoms with van der Waals surface area (Å²) in [5.74, 6) is -0.745. The van der Waals surface area contributed by atoms with Gasteiger partial charge in [-0.3, -0.25) is 4.79 Å². The molecule has 0 spiro atoms. The second-order valence-electron chi connectivity index (χ2n) is 4.68. The Hall–Kier alpha value is -2.87. The third-order valence-corrected chi connectivity index (χ3v) is 2.98. The van der Waals surface area contributed by atoms with Crippen molar-refractivity contribution in [2.24, 2.45) is 0 Å². The summed E-state index contributed by atoms with van der Waals surface area (Å²) in [6, 6.07) is 20.8. The van der Waals surface area contributed by atoms with Crippen molar-refractivity contribution in [3.05, 3.63) is 103 Å². The maximum absolute atomic E-state index is 9.37. The predicted octanol–water partition coefficient (Wildman–Crippen LogP) is 5.34. The second kappa shape index (κ2) is 10.8. The Morgan fingerprint density at radius 1 is 0.957 bits per heavy atom. The zero-order valence-corrected chi connectivity index (χ0v) is 13.4. The third kappa shape index (κ3) is 7.09. The Bertz CT molecular complexity index is 611. The molecule has 0 saturated carbocycles. The fourth-order valence-corrected chi connectivity index (χ4v) is 1.82. The molecule has 0 aromatic heterocycles. The van der Waals surface area contributed by atoms with Crippen molar-refractivity contribution in [1.82, 2.24) is 0 Å². The van der Waals surface area contributed by atoms with Crippen molar-refractivity contribution in [1.29, 1.82) is 0 Å². The van der Waals surface area contributed by atoms with Gasteiger partial charge < -0.3 is 5.11 Å². The molecule has 0 unspecified atom stereocenters. The van der Waals surface area contributed by atoms with Gasteiger partial charge in [0.15, 0.2) is 0 Å². The summed E-state index contributed by atoms with van der Waals surface area (Å²) < 4.78 is 0. The molecule has 0 atom stereocenters. The molecule has 2 aromatic rings. The van der Waals surface area contributed by atoms with E-state index < -0.39 is 5.97 Å². The molecule has 0 saturated heterocycles. The predicted molar refractivity (Wildman–Crippen MR) is 97.2 cm³/mol. The standard InChI is InChI=1S/C18H16.C3H6O2/c1-2-3-6-15-18(16-11-7-4-8-12-16)17-13-9-5-10-14-17;1-2-3(4)5/h2-15H,1H2;2H2,1H3,(H,4,5). The van der Waals surface area contributed by atoms with E-state index in [-0.39, 0.29) is 6.42 Å². The molecule has 2 nitrogen and oxygen atoms in total. The first-order valence-corrected chi connectivity index (χ1v) is 7.51. The quantitative estimate of drug-likeness (QED) is 0.757. The van der Waals surface area contributed by atoms with Gasteiger partial charge in [0.2, 0.25) is 0 Å². The molecule has 118 valence electrons. The number of carboxylic acid groups (broad SMARTS) is 1. The van der Waals surface area contributed by atoms with Gasteiger partial charge in [-0.25, -0.2) is 0 Å². The molecule has 23 heavy (non-hydrogen) atoms. The number of aliphatic carboxylic acids is 1. The number of carboxylic acids is 1. The van der Waals surface area contributed by atoms with Gasteiger partial charge in [0.25, 0.3) is 0 Å². The van der Waals surface area contributed by atoms with Crippen LogP contribution in [-0.2, 0) is 4.79 Å². The minimum Gasteiger partial charge on any atom is -0.481 e. The fraction of sp³-hybridized carbons (Fsp3) is 0.0952. The number of allylic oxidation sites excluding steroid dienone is 4. The Labute approximate surface area is 138 Å². The van der Waals surface area contributed by atoms with Crippen LogP contribution in [0.25, 0.3) is 5.57 Å². The zero-order valence-electron chi connectivity index (χ0n) is 13.4. The molecular weight excluding hydrogens is 284 g/mol. The Morgan fingerprint density at radius 3 is 1.74 bits per heavy atom. The molecule has 2 heteroatoms. The smallest absolute Gasteiger partial charge is 0.303 e. The molecule has 0 aliphatic rings. The van der Waals surface area contributed by atoms with Crippen LogP contribution < -0.4 is 0 Å². The van der Waals surface area contributed by atoms with E-state index in [0.29, 0.717) is 0 Å². The monoisotopic (exact) mass is 306 g/mol. The number of carbonyl (C=O) groups is 1. The van der Waals surface area contributed by atoms with E-state index in [0.717, 1.165) is 0 Å². The van der Waals surface area contributed by atoms with Crippen LogP contribution >= 0.6 is 0 Å². The summed E-state index contributed by atoms with van der Waals surface area (Å²) in [6.45, 7) is 5.29. The first kappa shape index (κ1) is 18.2. The third-order valence-electron chi connectivity index (χ3n) is 2.98. The molecule has 0 radical (unpaired) electrons. The van der Waals surface area contributed by atoms with Gasteiger partial charge in [-0.05, 0) is 16.7 Å². The minimum atomic E-state index is -0.745. The lowest BCUT2D eigenvalue weighted by molar-refractivity contribution is -0.136. The lowest BCUT2D eigenvalue weighted by Crippen LogP contribution is -1.86. The van der Waals surface area contributed by atoms with Crippen LogP contribution in [0.3, 0.4) is 0 Å². The SMILES string of the molecule is C=CC=CC=C(c1ccccc1)c1ccccc1.CCC(=O)O.